The van der Waals surface area contributed by atoms with Crippen LogP contribution in [0.25, 0.3) is 33.2 Å². The Morgan fingerprint density at radius 3 is 2.81 bits per heavy atom. The number of ether oxygens (including phenoxy) is 1. The van der Waals surface area contributed by atoms with E-state index in [2.05, 4.69) is 44.6 Å². The maximum atomic E-state index is 12.0. The van der Waals surface area contributed by atoms with Crippen LogP contribution in [0.1, 0.15) is 10.4 Å². The topological polar surface area (TPSA) is 55.0 Å². The maximum absolute atomic E-state index is 12.0. The highest BCUT2D eigenvalue weighted by molar-refractivity contribution is 9.10. The number of halogens is 1. The number of fused-ring (bicyclic) bond motifs is 2. The number of hydrogen-bond donors (Lipinski definition) is 1. The molecule has 4 aromatic rings. The Hall–Kier alpha value is -2.92. The van der Waals surface area contributed by atoms with Crippen molar-refractivity contribution in [1.82, 2.24) is 9.97 Å². The first kappa shape index (κ1) is 16.5. The monoisotopic (exact) mass is 406 g/mol. The fraction of sp³-hybridized carbons (Fsp3) is 0.0476. The first-order chi connectivity index (χ1) is 12.7. The minimum absolute atomic E-state index is 0.190. The van der Waals surface area contributed by atoms with E-state index in [1.54, 1.807) is 18.2 Å². The highest BCUT2D eigenvalue weighted by atomic mass is 79.9. The zero-order valence-corrected chi connectivity index (χ0v) is 15.4. The molecule has 0 fully saturated rings. The molecule has 3 aromatic carbocycles. The van der Waals surface area contributed by atoms with Gasteiger partial charge in [-0.3, -0.25) is 0 Å². The van der Waals surface area contributed by atoms with Crippen molar-refractivity contribution in [3.63, 3.8) is 0 Å². The summed E-state index contributed by atoms with van der Waals surface area (Å²) in [6, 6.07) is 17.5. The van der Waals surface area contributed by atoms with Crippen LogP contribution in [-0.2, 0) is 4.74 Å². The lowest BCUT2D eigenvalue weighted by atomic mass is 10.0. The molecule has 0 aliphatic heterocycles. The Morgan fingerprint density at radius 2 is 1.96 bits per heavy atom. The molecule has 0 aliphatic rings. The third-order valence-electron chi connectivity index (χ3n) is 4.17. The van der Waals surface area contributed by atoms with E-state index in [0.29, 0.717) is 5.56 Å². The van der Waals surface area contributed by atoms with Gasteiger partial charge in [-0.15, -0.1) is 0 Å². The van der Waals surface area contributed by atoms with Crippen LogP contribution in [0.15, 0.2) is 71.7 Å². The SMILES string of the molecule is C=CCOC(=O)c1ccc2nc(-c3cccc4c(Br)cccc34)[nH]c2c1. The number of rotatable bonds is 4. The second kappa shape index (κ2) is 6.77. The molecule has 0 spiro atoms. The molecule has 128 valence electrons. The molecule has 0 radical (unpaired) electrons. The number of hydrogen-bond acceptors (Lipinski definition) is 3. The Morgan fingerprint density at radius 1 is 1.15 bits per heavy atom. The number of H-pyrrole nitrogens is 1. The average Bonchev–Trinajstić information content (AvgIpc) is 3.09. The summed E-state index contributed by atoms with van der Waals surface area (Å²) in [6.45, 7) is 3.74. The third kappa shape index (κ3) is 2.91. The van der Waals surface area contributed by atoms with Crippen LogP contribution in [0.2, 0.25) is 0 Å². The van der Waals surface area contributed by atoms with Gasteiger partial charge >= 0.3 is 5.97 Å². The fourth-order valence-electron chi connectivity index (χ4n) is 2.96. The number of imidazole rings is 1. The minimum atomic E-state index is -0.378. The highest BCUT2D eigenvalue weighted by Crippen LogP contribution is 2.32. The van der Waals surface area contributed by atoms with E-state index in [-0.39, 0.29) is 12.6 Å². The molecule has 4 rings (SSSR count). The molecule has 0 atom stereocenters. The number of aromatic nitrogens is 2. The van der Waals surface area contributed by atoms with E-state index < -0.39 is 0 Å². The molecule has 1 aromatic heterocycles. The van der Waals surface area contributed by atoms with Crippen LogP contribution in [-0.4, -0.2) is 22.5 Å². The van der Waals surface area contributed by atoms with Gasteiger partial charge < -0.3 is 9.72 Å². The molecule has 0 bridgehead atoms. The predicted molar refractivity (Wildman–Crippen MR) is 107 cm³/mol. The Kier molecular flexibility index (Phi) is 4.31. The summed E-state index contributed by atoms with van der Waals surface area (Å²) in [5.74, 6) is 0.386. The lowest BCUT2D eigenvalue weighted by Crippen LogP contribution is -2.04. The molecule has 5 heteroatoms. The second-order valence-corrected chi connectivity index (χ2v) is 6.70. The van der Waals surface area contributed by atoms with Crippen molar-refractivity contribution in [3.05, 3.63) is 77.3 Å². The first-order valence-electron chi connectivity index (χ1n) is 8.13. The fourth-order valence-corrected chi connectivity index (χ4v) is 3.46. The van der Waals surface area contributed by atoms with Crippen LogP contribution >= 0.6 is 15.9 Å². The van der Waals surface area contributed by atoms with Gasteiger partial charge in [-0.05, 0) is 35.0 Å². The lowest BCUT2D eigenvalue weighted by Gasteiger charge is -2.05. The summed E-state index contributed by atoms with van der Waals surface area (Å²) >= 11 is 3.60. The molecular weight excluding hydrogens is 392 g/mol. The van der Waals surface area contributed by atoms with Crippen LogP contribution in [0.5, 0.6) is 0 Å². The summed E-state index contributed by atoms with van der Waals surface area (Å²) in [4.78, 5) is 20.0. The van der Waals surface area contributed by atoms with Gasteiger partial charge in [0, 0.05) is 10.0 Å². The summed E-state index contributed by atoms with van der Waals surface area (Å²) in [6.07, 6.45) is 1.55. The third-order valence-corrected chi connectivity index (χ3v) is 4.87. The van der Waals surface area contributed by atoms with Gasteiger partial charge in [-0.25, -0.2) is 9.78 Å². The predicted octanol–water partition coefficient (Wildman–Crippen LogP) is 5.49. The van der Waals surface area contributed by atoms with Crippen LogP contribution in [0.4, 0.5) is 0 Å². The first-order valence-corrected chi connectivity index (χ1v) is 8.92. The zero-order valence-electron chi connectivity index (χ0n) is 13.8. The molecule has 4 nitrogen and oxygen atoms in total. The number of nitrogens with one attached hydrogen (secondary N) is 1. The van der Waals surface area contributed by atoms with E-state index in [1.807, 2.05) is 30.3 Å². The summed E-state index contributed by atoms with van der Waals surface area (Å²) in [7, 11) is 0. The molecule has 0 aliphatic carbocycles. The molecule has 26 heavy (non-hydrogen) atoms. The van der Waals surface area contributed by atoms with Gasteiger partial charge in [0.05, 0.1) is 16.6 Å². The molecular formula is C21H15BrN2O2. The quantitative estimate of drug-likeness (QED) is 0.360. The standard InChI is InChI=1S/C21H15BrN2O2/c1-2-11-26-21(25)13-9-10-18-19(12-13)24-20(23-18)16-7-3-6-15-14(16)5-4-8-17(15)22/h2-10,12H,1,11H2,(H,23,24). The van der Waals surface area contributed by atoms with Crippen LogP contribution < -0.4 is 0 Å². The smallest absolute Gasteiger partial charge is 0.338 e. The Balaban J connectivity index is 1.80. The summed E-state index contributed by atoms with van der Waals surface area (Å²) in [5.41, 5.74) is 3.08. The van der Waals surface area contributed by atoms with E-state index in [0.717, 1.165) is 37.7 Å². The van der Waals surface area contributed by atoms with Crippen molar-refractivity contribution in [3.8, 4) is 11.4 Å². The normalized spacial score (nSPS) is 11.0. The number of carbonyl (C=O) groups is 1. The number of benzene rings is 3. The van der Waals surface area contributed by atoms with E-state index >= 15 is 0 Å². The molecule has 1 heterocycles. The minimum Gasteiger partial charge on any atom is -0.458 e. The van der Waals surface area contributed by atoms with Gasteiger partial charge in [0.25, 0.3) is 0 Å². The number of aromatic amines is 1. The summed E-state index contributed by atoms with van der Waals surface area (Å²) in [5, 5.41) is 2.23. The number of esters is 1. The van der Waals surface area contributed by atoms with Crippen molar-refractivity contribution >= 4 is 43.7 Å². The molecule has 0 unspecified atom stereocenters. The van der Waals surface area contributed by atoms with Gasteiger partial charge in [-0.2, -0.15) is 0 Å². The Labute approximate surface area is 158 Å². The molecule has 0 amide bonds. The van der Waals surface area contributed by atoms with E-state index in [1.165, 1.54) is 0 Å². The summed E-state index contributed by atoms with van der Waals surface area (Å²) < 4.78 is 6.13. The Bertz CT molecular complexity index is 1150. The number of carbonyl (C=O) groups excluding carboxylic acids is 1. The van der Waals surface area contributed by atoms with E-state index in [4.69, 9.17) is 4.74 Å². The zero-order chi connectivity index (χ0) is 18.1. The van der Waals surface area contributed by atoms with Gasteiger partial charge in [0.2, 0.25) is 0 Å². The van der Waals surface area contributed by atoms with Gasteiger partial charge in [0.1, 0.15) is 12.4 Å². The number of nitrogens with zero attached hydrogens (tertiary/aromatic N) is 1. The van der Waals surface area contributed by atoms with Crippen molar-refractivity contribution in [2.75, 3.05) is 6.61 Å². The van der Waals surface area contributed by atoms with Crippen LogP contribution in [0.3, 0.4) is 0 Å². The van der Waals surface area contributed by atoms with Gasteiger partial charge in [0.15, 0.2) is 0 Å². The van der Waals surface area contributed by atoms with Crippen LogP contribution in [0, 0.1) is 0 Å². The molecule has 0 saturated carbocycles. The van der Waals surface area contributed by atoms with Crippen molar-refractivity contribution in [2.24, 2.45) is 0 Å². The van der Waals surface area contributed by atoms with E-state index in [9.17, 15) is 4.79 Å². The van der Waals surface area contributed by atoms with Crippen molar-refractivity contribution < 1.29 is 9.53 Å². The molecule has 0 saturated heterocycles. The van der Waals surface area contributed by atoms with Crippen molar-refractivity contribution in [2.45, 2.75) is 0 Å². The largest absolute Gasteiger partial charge is 0.458 e. The van der Waals surface area contributed by atoms with Crippen molar-refractivity contribution in [1.29, 1.82) is 0 Å². The van der Waals surface area contributed by atoms with Gasteiger partial charge in [-0.1, -0.05) is 58.9 Å². The highest BCUT2D eigenvalue weighted by Gasteiger charge is 2.12. The maximum Gasteiger partial charge on any atom is 0.338 e. The molecule has 1 N–H and O–H groups in total. The lowest BCUT2D eigenvalue weighted by molar-refractivity contribution is 0.0550. The second-order valence-electron chi connectivity index (χ2n) is 5.85. The average molecular weight is 407 g/mol.